The number of ether oxygens (including phenoxy) is 1. The van der Waals surface area contributed by atoms with Crippen molar-refractivity contribution >= 4 is 17.5 Å². The minimum absolute atomic E-state index is 0.365. The van der Waals surface area contributed by atoms with Crippen LogP contribution < -0.4 is 15.4 Å². The molecule has 0 spiro atoms. The molecule has 2 N–H and O–H groups in total. The fourth-order valence-electron chi connectivity index (χ4n) is 3.37. The fourth-order valence-corrected chi connectivity index (χ4v) is 3.37. The van der Waals surface area contributed by atoms with Crippen molar-refractivity contribution in [2.24, 2.45) is 0 Å². The van der Waals surface area contributed by atoms with E-state index in [0.717, 1.165) is 41.1 Å². The summed E-state index contributed by atoms with van der Waals surface area (Å²) in [5.74, 6) is 2.35. The van der Waals surface area contributed by atoms with Crippen molar-refractivity contribution in [1.82, 2.24) is 19.9 Å². The van der Waals surface area contributed by atoms with Gasteiger partial charge in [-0.25, -0.2) is 24.7 Å². The minimum atomic E-state index is -0.365. The standard InChI is InChI=1S/C26H26N6O2/c1-4-18-10-13-28-24(16-18)32-26(33)30-19-8-9-22(17(3)15-19)34-25-20(7-6-12-29-25)21-11-14-27-23(5-2)31-21/h6-16H,4-5H2,1-3H3,(H2,28,30,32,33). The lowest BCUT2D eigenvalue weighted by Gasteiger charge is -2.13. The average molecular weight is 455 g/mol. The number of urea groups is 1. The number of benzene rings is 1. The van der Waals surface area contributed by atoms with Crippen molar-refractivity contribution in [3.8, 4) is 22.9 Å². The lowest BCUT2D eigenvalue weighted by molar-refractivity contribution is 0.262. The molecule has 0 fully saturated rings. The predicted octanol–water partition coefficient (Wildman–Crippen LogP) is 5.80. The summed E-state index contributed by atoms with van der Waals surface area (Å²) in [7, 11) is 0. The molecule has 0 aliphatic heterocycles. The lowest BCUT2D eigenvalue weighted by atomic mass is 10.1. The number of rotatable bonds is 7. The van der Waals surface area contributed by atoms with Crippen LogP contribution in [-0.2, 0) is 12.8 Å². The molecule has 2 amide bonds. The van der Waals surface area contributed by atoms with Gasteiger partial charge in [0.1, 0.15) is 17.4 Å². The van der Waals surface area contributed by atoms with E-state index in [0.29, 0.717) is 23.1 Å². The molecule has 4 aromatic rings. The van der Waals surface area contributed by atoms with Crippen molar-refractivity contribution in [3.63, 3.8) is 0 Å². The highest BCUT2D eigenvalue weighted by Gasteiger charge is 2.13. The van der Waals surface area contributed by atoms with Crippen molar-refractivity contribution < 1.29 is 9.53 Å². The Hall–Kier alpha value is -4.33. The topological polar surface area (TPSA) is 102 Å². The van der Waals surface area contributed by atoms with Crippen LogP contribution in [0.3, 0.4) is 0 Å². The Morgan fingerprint density at radius 2 is 1.76 bits per heavy atom. The molecule has 172 valence electrons. The molecule has 1 aromatic carbocycles. The number of anilines is 2. The molecule has 0 aliphatic rings. The van der Waals surface area contributed by atoms with E-state index in [1.165, 1.54) is 0 Å². The molecule has 34 heavy (non-hydrogen) atoms. The molecule has 0 bridgehead atoms. The number of hydrogen-bond acceptors (Lipinski definition) is 6. The summed E-state index contributed by atoms with van der Waals surface area (Å²) < 4.78 is 6.14. The first kappa shape index (κ1) is 22.8. The third-order valence-electron chi connectivity index (χ3n) is 5.18. The van der Waals surface area contributed by atoms with Gasteiger partial charge in [0, 0.05) is 30.7 Å². The number of amides is 2. The zero-order chi connectivity index (χ0) is 23.9. The highest BCUT2D eigenvalue weighted by atomic mass is 16.5. The second-order valence-corrected chi connectivity index (χ2v) is 7.63. The van der Waals surface area contributed by atoms with Crippen molar-refractivity contribution in [2.45, 2.75) is 33.6 Å². The van der Waals surface area contributed by atoms with Crippen LogP contribution in [0.25, 0.3) is 11.3 Å². The highest BCUT2D eigenvalue weighted by Crippen LogP contribution is 2.32. The van der Waals surface area contributed by atoms with E-state index in [1.807, 2.05) is 50.2 Å². The zero-order valence-electron chi connectivity index (χ0n) is 19.4. The molecule has 8 nitrogen and oxygen atoms in total. The molecule has 0 aliphatic carbocycles. The maximum absolute atomic E-state index is 12.4. The summed E-state index contributed by atoms with van der Waals surface area (Å²) in [5.41, 5.74) is 4.12. The van der Waals surface area contributed by atoms with Crippen molar-refractivity contribution in [1.29, 1.82) is 0 Å². The molecular weight excluding hydrogens is 428 g/mol. The molecule has 3 aromatic heterocycles. The van der Waals surface area contributed by atoms with Crippen LogP contribution in [0.15, 0.2) is 67.1 Å². The Morgan fingerprint density at radius 3 is 2.56 bits per heavy atom. The fraction of sp³-hybridized carbons (Fsp3) is 0.192. The number of nitrogens with zero attached hydrogens (tertiary/aromatic N) is 4. The van der Waals surface area contributed by atoms with Gasteiger partial charge in [-0.15, -0.1) is 0 Å². The van der Waals surface area contributed by atoms with Gasteiger partial charge in [0.2, 0.25) is 5.88 Å². The summed E-state index contributed by atoms with van der Waals surface area (Å²) in [6, 6.07) is 14.4. The smallest absolute Gasteiger partial charge is 0.324 e. The lowest BCUT2D eigenvalue weighted by Crippen LogP contribution is -2.20. The summed E-state index contributed by atoms with van der Waals surface area (Å²) in [6.07, 6.45) is 6.71. The Balaban J connectivity index is 1.48. The number of aryl methyl sites for hydroxylation is 3. The van der Waals surface area contributed by atoms with Gasteiger partial charge in [-0.05, 0) is 73.0 Å². The van der Waals surface area contributed by atoms with Gasteiger partial charge in [0.25, 0.3) is 0 Å². The van der Waals surface area contributed by atoms with E-state index in [2.05, 4.69) is 37.5 Å². The van der Waals surface area contributed by atoms with Crippen molar-refractivity contribution in [3.05, 3.63) is 84.1 Å². The summed E-state index contributed by atoms with van der Waals surface area (Å²) >= 11 is 0. The molecule has 8 heteroatoms. The molecule has 0 radical (unpaired) electrons. The van der Waals surface area contributed by atoms with E-state index in [1.54, 1.807) is 30.7 Å². The molecule has 0 unspecified atom stereocenters. The maximum atomic E-state index is 12.4. The summed E-state index contributed by atoms with van der Waals surface area (Å²) in [6.45, 7) is 5.97. The number of carbonyl (C=O) groups excluding carboxylic acids is 1. The Labute approximate surface area is 198 Å². The molecule has 0 saturated heterocycles. The van der Waals surface area contributed by atoms with E-state index in [9.17, 15) is 4.79 Å². The molecule has 4 rings (SSSR count). The summed E-state index contributed by atoms with van der Waals surface area (Å²) in [5, 5.41) is 5.59. The second kappa shape index (κ2) is 10.5. The normalized spacial score (nSPS) is 10.6. The Bertz CT molecular complexity index is 1310. The first-order valence-corrected chi connectivity index (χ1v) is 11.1. The Kier molecular flexibility index (Phi) is 7.07. The van der Waals surface area contributed by atoms with Crippen molar-refractivity contribution in [2.75, 3.05) is 10.6 Å². The van der Waals surface area contributed by atoms with E-state index < -0.39 is 0 Å². The van der Waals surface area contributed by atoms with Gasteiger partial charge in [-0.2, -0.15) is 0 Å². The minimum Gasteiger partial charge on any atom is -0.438 e. The average Bonchev–Trinajstić information content (AvgIpc) is 2.86. The van der Waals surface area contributed by atoms with Crippen LogP contribution in [-0.4, -0.2) is 26.0 Å². The van der Waals surface area contributed by atoms with E-state index in [4.69, 9.17) is 4.74 Å². The quantitative estimate of drug-likeness (QED) is 0.366. The first-order valence-electron chi connectivity index (χ1n) is 11.1. The van der Waals surface area contributed by atoms with Crippen LogP contribution in [0.5, 0.6) is 11.6 Å². The van der Waals surface area contributed by atoms with Crippen LogP contribution >= 0.6 is 0 Å². The molecule has 0 atom stereocenters. The number of aromatic nitrogens is 4. The summed E-state index contributed by atoms with van der Waals surface area (Å²) in [4.78, 5) is 29.9. The largest absolute Gasteiger partial charge is 0.438 e. The van der Waals surface area contributed by atoms with Gasteiger partial charge in [-0.3, -0.25) is 5.32 Å². The van der Waals surface area contributed by atoms with Gasteiger partial charge in [0.15, 0.2) is 0 Å². The first-order chi connectivity index (χ1) is 16.6. The van der Waals surface area contributed by atoms with E-state index in [-0.39, 0.29) is 6.03 Å². The molecule has 3 heterocycles. The number of hydrogen-bond donors (Lipinski definition) is 2. The highest BCUT2D eigenvalue weighted by molar-refractivity contribution is 5.99. The van der Waals surface area contributed by atoms with Gasteiger partial charge in [0.05, 0.1) is 11.3 Å². The number of nitrogens with one attached hydrogen (secondary N) is 2. The van der Waals surface area contributed by atoms with Crippen LogP contribution in [0, 0.1) is 6.92 Å². The van der Waals surface area contributed by atoms with Crippen LogP contribution in [0.1, 0.15) is 30.8 Å². The zero-order valence-corrected chi connectivity index (χ0v) is 19.4. The second-order valence-electron chi connectivity index (χ2n) is 7.63. The third-order valence-corrected chi connectivity index (χ3v) is 5.18. The van der Waals surface area contributed by atoms with Gasteiger partial charge in [-0.1, -0.05) is 13.8 Å². The van der Waals surface area contributed by atoms with E-state index >= 15 is 0 Å². The van der Waals surface area contributed by atoms with Crippen LogP contribution in [0.4, 0.5) is 16.3 Å². The van der Waals surface area contributed by atoms with Gasteiger partial charge >= 0.3 is 6.03 Å². The predicted molar refractivity (Wildman–Crippen MR) is 132 cm³/mol. The Morgan fingerprint density at radius 1 is 0.912 bits per heavy atom. The maximum Gasteiger partial charge on any atom is 0.324 e. The molecular formula is C26H26N6O2. The SMILES string of the molecule is CCc1ccnc(NC(=O)Nc2ccc(Oc3ncccc3-c3ccnc(CC)n3)c(C)c2)c1. The molecule has 0 saturated carbocycles. The number of carbonyl (C=O) groups is 1. The third kappa shape index (κ3) is 5.53. The van der Waals surface area contributed by atoms with Crippen LogP contribution in [0.2, 0.25) is 0 Å². The van der Waals surface area contributed by atoms with Gasteiger partial charge < -0.3 is 10.1 Å². The monoisotopic (exact) mass is 454 g/mol. The number of pyridine rings is 2.